The Morgan fingerprint density at radius 2 is 1.46 bits per heavy atom. The van der Waals surface area contributed by atoms with Gasteiger partial charge < -0.3 is 4.74 Å². The summed E-state index contributed by atoms with van der Waals surface area (Å²) in [6.45, 7) is 0.417. The van der Waals surface area contributed by atoms with Gasteiger partial charge in [-0.25, -0.2) is 9.38 Å². The number of aliphatic imine (C=N–C) groups is 1. The van der Waals surface area contributed by atoms with Crippen molar-refractivity contribution in [1.29, 1.82) is 0 Å². The molecule has 6 heteroatoms. The Hall–Kier alpha value is -2.43. The Bertz CT molecular complexity index is 952. The maximum absolute atomic E-state index is 13.1. The molecule has 1 atom stereocenters. The van der Waals surface area contributed by atoms with Crippen molar-refractivity contribution in [2.24, 2.45) is 4.99 Å². The van der Waals surface area contributed by atoms with Gasteiger partial charge in [-0.15, -0.1) is 0 Å². The minimum absolute atomic E-state index is 0.132. The maximum Gasteiger partial charge on any atom is 0.220 e. The molecule has 0 N–H and O–H groups in total. The second-order valence-electron chi connectivity index (χ2n) is 5.87. The van der Waals surface area contributed by atoms with Crippen LogP contribution < -0.4 is 0 Å². The van der Waals surface area contributed by atoms with Crippen molar-refractivity contribution in [3.63, 3.8) is 0 Å². The molecule has 0 saturated carbocycles. The van der Waals surface area contributed by atoms with Gasteiger partial charge in [-0.1, -0.05) is 59.6 Å². The molecule has 3 aromatic rings. The Morgan fingerprint density at radius 1 is 0.885 bits per heavy atom. The van der Waals surface area contributed by atoms with E-state index in [-0.39, 0.29) is 11.9 Å². The van der Waals surface area contributed by atoms with E-state index >= 15 is 0 Å². The van der Waals surface area contributed by atoms with Crippen LogP contribution in [0.5, 0.6) is 0 Å². The average Bonchev–Trinajstić information content (AvgIpc) is 3.12. The number of aromatic nitrogens is 1. The number of nitrogens with zero attached hydrogens (tertiary/aromatic N) is 2. The van der Waals surface area contributed by atoms with Crippen LogP contribution in [0.4, 0.5) is 4.39 Å². The predicted octanol–water partition coefficient (Wildman–Crippen LogP) is 5.71. The first-order valence-corrected chi connectivity index (χ1v) is 8.73. The molecule has 0 amide bonds. The molecule has 2 heterocycles. The van der Waals surface area contributed by atoms with E-state index in [1.54, 1.807) is 12.1 Å². The zero-order chi connectivity index (χ0) is 18.1. The molecular weight excluding hydrogens is 374 g/mol. The predicted molar refractivity (Wildman–Crippen MR) is 101 cm³/mol. The molecule has 0 fully saturated rings. The number of hydrogen-bond acceptors (Lipinski definition) is 3. The van der Waals surface area contributed by atoms with Crippen LogP contribution in [-0.2, 0) is 4.74 Å². The van der Waals surface area contributed by atoms with Gasteiger partial charge in [-0.05, 0) is 28.8 Å². The van der Waals surface area contributed by atoms with Crippen molar-refractivity contribution in [2.75, 3.05) is 6.61 Å². The fourth-order valence-corrected chi connectivity index (χ4v) is 3.36. The molecule has 3 nitrogen and oxygen atoms in total. The van der Waals surface area contributed by atoms with Gasteiger partial charge in [0.1, 0.15) is 18.5 Å². The Labute approximate surface area is 160 Å². The highest BCUT2D eigenvalue weighted by molar-refractivity contribution is 6.39. The summed E-state index contributed by atoms with van der Waals surface area (Å²) in [5.41, 5.74) is 3.55. The minimum atomic E-state index is -0.247. The molecule has 1 aliphatic rings. The number of rotatable bonds is 3. The standard InChI is InChI=1S/C20H13Cl2FN2O/c21-16-9-24-10-17(22)19(16)20-25-18(11-26-20)14-3-1-12(2-4-14)13-5-7-15(23)8-6-13/h1-10,18H,11H2. The third kappa shape index (κ3) is 3.30. The van der Waals surface area contributed by atoms with Gasteiger partial charge in [0.15, 0.2) is 0 Å². The van der Waals surface area contributed by atoms with Gasteiger partial charge in [0, 0.05) is 12.4 Å². The number of benzene rings is 2. The molecule has 26 heavy (non-hydrogen) atoms. The first kappa shape index (κ1) is 17.0. The second kappa shape index (κ2) is 7.06. The average molecular weight is 387 g/mol. The second-order valence-corrected chi connectivity index (χ2v) is 6.68. The molecule has 0 aliphatic carbocycles. The summed E-state index contributed by atoms with van der Waals surface area (Å²) in [5, 5.41) is 0.812. The number of pyridine rings is 1. The number of halogens is 3. The molecule has 1 unspecified atom stereocenters. The Kier molecular flexibility index (Phi) is 4.62. The summed E-state index contributed by atoms with van der Waals surface area (Å²) < 4.78 is 18.8. The highest BCUT2D eigenvalue weighted by atomic mass is 35.5. The number of hydrogen-bond donors (Lipinski definition) is 0. The monoisotopic (exact) mass is 386 g/mol. The SMILES string of the molecule is Fc1ccc(-c2ccc(C3COC(c4c(Cl)cncc4Cl)=N3)cc2)cc1. The molecule has 130 valence electrons. The van der Waals surface area contributed by atoms with Crippen LogP contribution in [0.25, 0.3) is 11.1 Å². The molecule has 4 rings (SSSR count). The summed E-state index contributed by atoms with van der Waals surface area (Å²) in [6.07, 6.45) is 3.03. The zero-order valence-corrected chi connectivity index (χ0v) is 15.0. The fourth-order valence-electron chi connectivity index (χ4n) is 2.84. The first-order valence-electron chi connectivity index (χ1n) is 7.97. The van der Waals surface area contributed by atoms with Crippen molar-refractivity contribution < 1.29 is 9.13 Å². The third-order valence-electron chi connectivity index (χ3n) is 4.19. The summed E-state index contributed by atoms with van der Waals surface area (Å²) in [5.74, 6) is 0.179. The van der Waals surface area contributed by atoms with Crippen LogP contribution in [0, 0.1) is 5.82 Å². The van der Waals surface area contributed by atoms with E-state index in [9.17, 15) is 4.39 Å². The van der Waals surface area contributed by atoms with Crippen molar-refractivity contribution in [3.05, 3.63) is 87.9 Å². The fraction of sp³-hybridized carbons (Fsp3) is 0.100. The summed E-state index contributed by atoms with van der Waals surface area (Å²) in [7, 11) is 0. The van der Waals surface area contributed by atoms with Crippen molar-refractivity contribution in [1.82, 2.24) is 4.98 Å². The largest absolute Gasteiger partial charge is 0.475 e. The molecule has 0 saturated heterocycles. The van der Waals surface area contributed by atoms with Crippen LogP contribution >= 0.6 is 23.2 Å². The Morgan fingerprint density at radius 3 is 2.08 bits per heavy atom. The van der Waals surface area contributed by atoms with E-state index in [1.165, 1.54) is 24.5 Å². The van der Waals surface area contributed by atoms with Crippen LogP contribution in [0.3, 0.4) is 0 Å². The van der Waals surface area contributed by atoms with Crippen molar-refractivity contribution in [2.45, 2.75) is 6.04 Å². The first-order chi connectivity index (χ1) is 12.6. The van der Waals surface area contributed by atoms with E-state index in [0.29, 0.717) is 28.1 Å². The minimum Gasteiger partial charge on any atom is -0.475 e. The quantitative estimate of drug-likeness (QED) is 0.577. The lowest BCUT2D eigenvalue weighted by atomic mass is 10.0. The number of ether oxygens (including phenoxy) is 1. The lowest BCUT2D eigenvalue weighted by molar-refractivity contribution is 0.320. The summed E-state index contributed by atoms with van der Waals surface area (Å²) >= 11 is 12.3. The lowest BCUT2D eigenvalue weighted by Crippen LogP contribution is -2.03. The van der Waals surface area contributed by atoms with Crippen LogP contribution in [0.15, 0.2) is 65.9 Å². The van der Waals surface area contributed by atoms with Gasteiger partial charge in [-0.3, -0.25) is 4.98 Å². The summed E-state index contributed by atoms with van der Waals surface area (Å²) in [6, 6.07) is 14.3. The van der Waals surface area contributed by atoms with E-state index in [4.69, 9.17) is 27.9 Å². The van der Waals surface area contributed by atoms with Crippen molar-refractivity contribution >= 4 is 29.1 Å². The van der Waals surface area contributed by atoms with Crippen LogP contribution in [0.2, 0.25) is 10.0 Å². The van der Waals surface area contributed by atoms with Crippen molar-refractivity contribution in [3.8, 4) is 11.1 Å². The summed E-state index contributed by atoms with van der Waals surface area (Å²) in [4.78, 5) is 8.55. The zero-order valence-electron chi connectivity index (χ0n) is 13.5. The maximum atomic E-state index is 13.1. The van der Waals surface area contributed by atoms with E-state index in [2.05, 4.69) is 9.98 Å². The molecule has 0 spiro atoms. The highest BCUT2D eigenvalue weighted by Crippen LogP contribution is 2.31. The molecule has 0 radical (unpaired) electrons. The van der Waals surface area contributed by atoms with Crippen LogP contribution in [0.1, 0.15) is 17.2 Å². The smallest absolute Gasteiger partial charge is 0.220 e. The molecule has 1 aliphatic heterocycles. The van der Waals surface area contributed by atoms with Gasteiger partial charge in [-0.2, -0.15) is 0 Å². The lowest BCUT2D eigenvalue weighted by Gasteiger charge is -2.07. The van der Waals surface area contributed by atoms with E-state index in [0.717, 1.165) is 16.7 Å². The Balaban J connectivity index is 1.59. The van der Waals surface area contributed by atoms with Crippen LogP contribution in [-0.4, -0.2) is 17.5 Å². The molecule has 1 aromatic heterocycles. The molecular formula is C20H13Cl2FN2O. The molecule has 0 bridgehead atoms. The van der Waals surface area contributed by atoms with Gasteiger partial charge in [0.05, 0.1) is 15.6 Å². The normalized spacial score (nSPS) is 16.3. The van der Waals surface area contributed by atoms with E-state index < -0.39 is 0 Å². The van der Waals surface area contributed by atoms with E-state index in [1.807, 2.05) is 24.3 Å². The van der Waals surface area contributed by atoms with Gasteiger partial charge in [0.25, 0.3) is 0 Å². The molecule has 2 aromatic carbocycles. The van der Waals surface area contributed by atoms with Gasteiger partial charge in [0.2, 0.25) is 5.90 Å². The topological polar surface area (TPSA) is 34.5 Å². The van der Waals surface area contributed by atoms with Gasteiger partial charge >= 0.3 is 0 Å². The third-order valence-corrected chi connectivity index (χ3v) is 4.76. The highest BCUT2D eigenvalue weighted by Gasteiger charge is 2.25.